The molecule has 0 bridgehead atoms. The van der Waals surface area contributed by atoms with Crippen LogP contribution in [0.5, 0.6) is 0 Å². The standard InChI is InChI=1S/C20H19BrN2O4S/c21-13-4-3-5-14(12-13)23-10-8-16(20(23)25)19(24)22-17-9-11-28(26,27)18-7-2-1-6-15(17)18/h1-7,12,16-17H,8-11H2,(H,22,24). The molecule has 1 fully saturated rings. The first-order valence-electron chi connectivity index (χ1n) is 9.06. The van der Waals surface area contributed by atoms with Gasteiger partial charge in [-0.05, 0) is 42.7 Å². The summed E-state index contributed by atoms with van der Waals surface area (Å²) >= 11 is 3.40. The van der Waals surface area contributed by atoms with Gasteiger partial charge in [0.15, 0.2) is 9.84 Å². The number of hydrogen-bond acceptors (Lipinski definition) is 4. The summed E-state index contributed by atoms with van der Waals surface area (Å²) in [6.45, 7) is 0.475. The Labute approximate surface area is 172 Å². The van der Waals surface area contributed by atoms with Crippen LogP contribution in [0.1, 0.15) is 24.4 Å². The normalized spacial score (nSPS) is 23.3. The van der Waals surface area contributed by atoms with E-state index in [0.29, 0.717) is 24.9 Å². The van der Waals surface area contributed by atoms with E-state index in [1.807, 2.05) is 24.3 Å². The first-order chi connectivity index (χ1) is 13.4. The second kappa shape index (κ2) is 7.33. The number of carbonyl (C=O) groups excluding carboxylic acids is 2. The van der Waals surface area contributed by atoms with E-state index in [0.717, 1.165) is 10.2 Å². The quantitative estimate of drug-likeness (QED) is 0.710. The molecule has 1 saturated heterocycles. The molecule has 0 saturated carbocycles. The van der Waals surface area contributed by atoms with E-state index in [9.17, 15) is 18.0 Å². The monoisotopic (exact) mass is 462 g/mol. The fraction of sp³-hybridized carbons (Fsp3) is 0.300. The molecule has 2 unspecified atom stereocenters. The molecule has 2 aromatic carbocycles. The third-order valence-corrected chi connectivity index (χ3v) is 7.57. The fourth-order valence-electron chi connectivity index (χ4n) is 3.84. The molecule has 8 heteroatoms. The highest BCUT2D eigenvalue weighted by Crippen LogP contribution is 2.33. The predicted octanol–water partition coefficient (Wildman–Crippen LogP) is 2.84. The number of hydrogen-bond donors (Lipinski definition) is 1. The van der Waals surface area contributed by atoms with Crippen molar-refractivity contribution in [2.24, 2.45) is 5.92 Å². The molecule has 2 aliphatic heterocycles. The minimum atomic E-state index is -3.32. The average molecular weight is 463 g/mol. The summed E-state index contributed by atoms with van der Waals surface area (Å²) in [6, 6.07) is 13.7. The molecule has 0 aliphatic carbocycles. The Balaban J connectivity index is 1.51. The third kappa shape index (κ3) is 3.46. The van der Waals surface area contributed by atoms with Crippen molar-refractivity contribution in [1.29, 1.82) is 0 Å². The Kier molecular flexibility index (Phi) is 5.01. The van der Waals surface area contributed by atoms with Crippen LogP contribution >= 0.6 is 15.9 Å². The van der Waals surface area contributed by atoms with Crippen molar-refractivity contribution >= 4 is 43.3 Å². The molecule has 2 atom stereocenters. The maximum Gasteiger partial charge on any atom is 0.239 e. The Bertz CT molecular complexity index is 1050. The number of carbonyl (C=O) groups is 2. The van der Waals surface area contributed by atoms with Crippen LogP contribution in [0, 0.1) is 5.92 Å². The van der Waals surface area contributed by atoms with Crippen LogP contribution in [-0.2, 0) is 19.4 Å². The fourth-order valence-corrected chi connectivity index (χ4v) is 5.84. The van der Waals surface area contributed by atoms with Gasteiger partial charge in [-0.15, -0.1) is 0 Å². The molecule has 0 radical (unpaired) electrons. The molecular weight excluding hydrogens is 444 g/mol. The lowest BCUT2D eigenvalue weighted by Crippen LogP contribution is -2.40. The molecule has 0 aromatic heterocycles. The van der Waals surface area contributed by atoms with Crippen LogP contribution in [0.2, 0.25) is 0 Å². The van der Waals surface area contributed by atoms with E-state index < -0.39 is 21.8 Å². The second-order valence-corrected chi connectivity index (χ2v) is 10.0. The van der Waals surface area contributed by atoms with E-state index in [4.69, 9.17) is 0 Å². The summed E-state index contributed by atoms with van der Waals surface area (Å²) in [7, 11) is -3.32. The molecule has 1 N–H and O–H groups in total. The zero-order valence-corrected chi connectivity index (χ0v) is 17.4. The van der Waals surface area contributed by atoms with Gasteiger partial charge in [-0.2, -0.15) is 0 Å². The number of anilines is 1. The summed E-state index contributed by atoms with van der Waals surface area (Å²) in [6.07, 6.45) is 0.741. The lowest BCUT2D eigenvalue weighted by atomic mass is 10.0. The Hall–Kier alpha value is -2.19. The number of nitrogens with one attached hydrogen (secondary N) is 1. The van der Waals surface area contributed by atoms with Crippen LogP contribution in [0.15, 0.2) is 57.9 Å². The first-order valence-corrected chi connectivity index (χ1v) is 11.5. The van der Waals surface area contributed by atoms with Gasteiger partial charge in [-0.25, -0.2) is 8.42 Å². The minimum absolute atomic E-state index is 0.0161. The van der Waals surface area contributed by atoms with Crippen molar-refractivity contribution in [2.75, 3.05) is 17.2 Å². The number of amides is 2. The SMILES string of the molecule is O=C(NC1CCS(=O)(=O)c2ccccc21)C1CCN(c2cccc(Br)c2)C1=O. The molecule has 146 valence electrons. The van der Waals surface area contributed by atoms with Gasteiger partial charge in [-0.3, -0.25) is 9.59 Å². The highest BCUT2D eigenvalue weighted by molar-refractivity contribution is 9.10. The van der Waals surface area contributed by atoms with Crippen molar-refractivity contribution in [2.45, 2.75) is 23.8 Å². The molecule has 6 nitrogen and oxygen atoms in total. The number of halogens is 1. The largest absolute Gasteiger partial charge is 0.349 e. The summed E-state index contributed by atoms with van der Waals surface area (Å²) < 4.78 is 25.4. The highest BCUT2D eigenvalue weighted by atomic mass is 79.9. The molecule has 28 heavy (non-hydrogen) atoms. The van der Waals surface area contributed by atoms with Gasteiger partial charge in [0.25, 0.3) is 0 Å². The molecule has 2 amide bonds. The van der Waals surface area contributed by atoms with Gasteiger partial charge in [0.1, 0.15) is 5.92 Å². The number of nitrogens with zero attached hydrogens (tertiary/aromatic N) is 1. The van der Waals surface area contributed by atoms with E-state index in [1.54, 1.807) is 29.2 Å². The molecule has 2 heterocycles. The van der Waals surface area contributed by atoms with Crippen LogP contribution in [0.4, 0.5) is 5.69 Å². The number of rotatable bonds is 3. The van der Waals surface area contributed by atoms with Gasteiger partial charge in [0, 0.05) is 16.7 Å². The Morgan fingerprint density at radius 2 is 1.89 bits per heavy atom. The van der Waals surface area contributed by atoms with Gasteiger partial charge < -0.3 is 10.2 Å². The van der Waals surface area contributed by atoms with Crippen LogP contribution in [-0.4, -0.2) is 32.5 Å². The number of sulfone groups is 1. The predicted molar refractivity (Wildman–Crippen MR) is 109 cm³/mol. The lowest BCUT2D eigenvalue weighted by molar-refractivity contribution is -0.132. The molecule has 2 aliphatic rings. The number of fused-ring (bicyclic) bond motifs is 1. The topological polar surface area (TPSA) is 83.6 Å². The second-order valence-electron chi connectivity index (χ2n) is 7.02. The molecule has 4 rings (SSSR count). The minimum Gasteiger partial charge on any atom is -0.349 e. The van der Waals surface area contributed by atoms with Crippen LogP contribution < -0.4 is 10.2 Å². The lowest BCUT2D eigenvalue weighted by Gasteiger charge is -2.27. The van der Waals surface area contributed by atoms with Crippen molar-refractivity contribution in [3.05, 3.63) is 58.6 Å². The smallest absolute Gasteiger partial charge is 0.239 e. The maximum atomic E-state index is 12.8. The third-order valence-electron chi connectivity index (χ3n) is 5.26. The van der Waals surface area contributed by atoms with E-state index in [2.05, 4.69) is 21.2 Å². The average Bonchev–Trinajstić information content (AvgIpc) is 3.06. The van der Waals surface area contributed by atoms with Crippen molar-refractivity contribution in [3.63, 3.8) is 0 Å². The van der Waals surface area contributed by atoms with Crippen molar-refractivity contribution < 1.29 is 18.0 Å². The van der Waals surface area contributed by atoms with Crippen molar-refractivity contribution in [1.82, 2.24) is 5.32 Å². The summed E-state index contributed by atoms with van der Waals surface area (Å²) in [5, 5.41) is 2.91. The summed E-state index contributed by atoms with van der Waals surface area (Å²) in [5.41, 5.74) is 1.35. The zero-order valence-electron chi connectivity index (χ0n) is 15.0. The Morgan fingerprint density at radius 1 is 1.11 bits per heavy atom. The van der Waals surface area contributed by atoms with Crippen LogP contribution in [0.25, 0.3) is 0 Å². The van der Waals surface area contributed by atoms with Gasteiger partial charge in [0.05, 0.1) is 16.7 Å². The summed E-state index contributed by atoms with van der Waals surface area (Å²) in [4.78, 5) is 27.5. The molecule has 2 aromatic rings. The van der Waals surface area contributed by atoms with Crippen LogP contribution in [0.3, 0.4) is 0 Å². The van der Waals surface area contributed by atoms with Gasteiger partial charge in [0.2, 0.25) is 11.8 Å². The van der Waals surface area contributed by atoms with Gasteiger partial charge in [-0.1, -0.05) is 40.2 Å². The van der Waals surface area contributed by atoms with Crippen molar-refractivity contribution in [3.8, 4) is 0 Å². The highest BCUT2D eigenvalue weighted by Gasteiger charge is 2.39. The Morgan fingerprint density at radius 3 is 2.68 bits per heavy atom. The van der Waals surface area contributed by atoms with Gasteiger partial charge >= 0.3 is 0 Å². The first kappa shape index (κ1) is 19.1. The van der Waals surface area contributed by atoms with E-state index in [-0.39, 0.29) is 22.5 Å². The van der Waals surface area contributed by atoms with E-state index in [1.165, 1.54) is 0 Å². The molecule has 0 spiro atoms. The maximum absolute atomic E-state index is 12.8. The number of benzene rings is 2. The molecular formula is C20H19BrN2O4S. The zero-order chi connectivity index (χ0) is 19.9. The summed E-state index contributed by atoms with van der Waals surface area (Å²) in [5.74, 6) is -1.35. The van der Waals surface area contributed by atoms with E-state index >= 15 is 0 Å².